The van der Waals surface area contributed by atoms with Gasteiger partial charge in [-0.25, -0.2) is 0 Å². The average molecular weight is 318 g/mol. The second-order valence-electron chi connectivity index (χ2n) is 4.67. The lowest BCUT2D eigenvalue weighted by atomic mass is 10.2. The van der Waals surface area contributed by atoms with Gasteiger partial charge in [0.25, 0.3) is 0 Å². The number of para-hydroxylation sites is 1. The average Bonchev–Trinajstić information content (AvgIpc) is 2.83. The normalized spacial score (nSPS) is 13.4. The van der Waals surface area contributed by atoms with Crippen LogP contribution in [0.4, 0.5) is 5.69 Å². The van der Waals surface area contributed by atoms with E-state index in [1.165, 1.54) is 11.3 Å². The number of hydrogen-bond acceptors (Lipinski definition) is 2. The summed E-state index contributed by atoms with van der Waals surface area (Å²) in [6.45, 7) is 2.75. The number of anilines is 1. The third-order valence-electron chi connectivity index (χ3n) is 3.41. The molecule has 0 radical (unpaired) electrons. The summed E-state index contributed by atoms with van der Waals surface area (Å²) in [7, 11) is 0. The zero-order chi connectivity index (χ0) is 13.1. The number of nitrogens with zero attached hydrogens (tertiary/aromatic N) is 1. The van der Waals surface area contributed by atoms with E-state index in [4.69, 9.17) is 4.74 Å². The third kappa shape index (κ3) is 2.92. The summed E-state index contributed by atoms with van der Waals surface area (Å²) in [6.07, 6.45) is 1.15. The number of rotatable bonds is 4. The molecule has 0 aliphatic carbocycles. The molecule has 0 bridgehead atoms. The van der Waals surface area contributed by atoms with Crippen LogP contribution in [0.1, 0.15) is 5.56 Å². The van der Waals surface area contributed by atoms with Gasteiger partial charge < -0.3 is 9.64 Å². The predicted octanol–water partition coefficient (Wildman–Crippen LogP) is 3.89. The van der Waals surface area contributed by atoms with E-state index in [0.29, 0.717) is 6.61 Å². The minimum Gasteiger partial charge on any atom is -0.492 e. The van der Waals surface area contributed by atoms with E-state index in [0.717, 1.165) is 29.7 Å². The Balaban J connectivity index is 1.57. The van der Waals surface area contributed by atoms with Crippen LogP contribution < -0.4 is 9.64 Å². The second-order valence-corrected chi connectivity index (χ2v) is 5.59. The molecule has 2 aromatic rings. The van der Waals surface area contributed by atoms with Gasteiger partial charge in [-0.1, -0.05) is 40.2 Å². The summed E-state index contributed by atoms with van der Waals surface area (Å²) in [5, 5.41) is 0. The molecule has 2 nitrogen and oxygen atoms in total. The van der Waals surface area contributed by atoms with Gasteiger partial charge in [-0.2, -0.15) is 0 Å². The van der Waals surface area contributed by atoms with Gasteiger partial charge in [0.15, 0.2) is 0 Å². The summed E-state index contributed by atoms with van der Waals surface area (Å²) in [4.78, 5) is 2.40. The van der Waals surface area contributed by atoms with Crippen molar-refractivity contribution in [3.05, 3.63) is 58.6 Å². The van der Waals surface area contributed by atoms with Gasteiger partial charge in [0, 0.05) is 16.7 Å². The van der Waals surface area contributed by atoms with Crippen LogP contribution in [0.5, 0.6) is 5.75 Å². The predicted molar refractivity (Wildman–Crippen MR) is 82.0 cm³/mol. The van der Waals surface area contributed by atoms with E-state index >= 15 is 0 Å². The maximum Gasteiger partial charge on any atom is 0.120 e. The van der Waals surface area contributed by atoms with E-state index in [1.54, 1.807) is 0 Å². The Labute approximate surface area is 122 Å². The second kappa shape index (κ2) is 5.66. The molecule has 0 saturated carbocycles. The van der Waals surface area contributed by atoms with Crippen LogP contribution in [-0.4, -0.2) is 19.7 Å². The number of fused-ring (bicyclic) bond motifs is 1. The zero-order valence-corrected chi connectivity index (χ0v) is 12.3. The number of halogens is 1. The standard InChI is InChI=1S/C16H16BrNO/c17-14-5-3-6-15(12-14)19-11-10-18-9-8-13-4-1-2-7-16(13)18/h1-7,12H,8-11H2. The molecule has 0 spiro atoms. The molecule has 0 N–H and O–H groups in total. The zero-order valence-electron chi connectivity index (χ0n) is 10.7. The molecule has 19 heavy (non-hydrogen) atoms. The Hall–Kier alpha value is -1.48. The van der Waals surface area contributed by atoms with E-state index in [9.17, 15) is 0 Å². The van der Waals surface area contributed by atoms with Crippen LogP contribution in [0.3, 0.4) is 0 Å². The van der Waals surface area contributed by atoms with Crippen molar-refractivity contribution in [1.29, 1.82) is 0 Å². The first kappa shape index (κ1) is 12.5. The summed E-state index contributed by atoms with van der Waals surface area (Å²) in [5.41, 5.74) is 2.81. The van der Waals surface area contributed by atoms with E-state index in [2.05, 4.69) is 45.1 Å². The number of hydrogen-bond donors (Lipinski definition) is 0. The van der Waals surface area contributed by atoms with E-state index in [-0.39, 0.29) is 0 Å². The highest BCUT2D eigenvalue weighted by atomic mass is 79.9. The highest BCUT2D eigenvalue weighted by Crippen LogP contribution is 2.27. The first-order valence-corrected chi connectivity index (χ1v) is 7.33. The molecule has 1 aliphatic heterocycles. The van der Waals surface area contributed by atoms with Gasteiger partial charge in [-0.05, 0) is 36.2 Å². The van der Waals surface area contributed by atoms with Crippen LogP contribution in [0.15, 0.2) is 53.0 Å². The molecule has 0 atom stereocenters. The SMILES string of the molecule is Brc1cccc(OCCN2CCc3ccccc32)c1. The van der Waals surface area contributed by atoms with Gasteiger partial charge in [0.05, 0.1) is 6.54 Å². The molecule has 2 aromatic carbocycles. The molecule has 3 heteroatoms. The van der Waals surface area contributed by atoms with Crippen LogP contribution >= 0.6 is 15.9 Å². The lowest BCUT2D eigenvalue weighted by Crippen LogP contribution is -2.26. The van der Waals surface area contributed by atoms with Crippen molar-refractivity contribution in [3.63, 3.8) is 0 Å². The lowest BCUT2D eigenvalue weighted by molar-refractivity contribution is 0.324. The van der Waals surface area contributed by atoms with Gasteiger partial charge in [-0.3, -0.25) is 0 Å². The molecule has 0 fully saturated rings. The largest absolute Gasteiger partial charge is 0.492 e. The fourth-order valence-electron chi connectivity index (χ4n) is 2.47. The highest BCUT2D eigenvalue weighted by Gasteiger charge is 2.17. The van der Waals surface area contributed by atoms with Crippen molar-refractivity contribution in [2.45, 2.75) is 6.42 Å². The maximum absolute atomic E-state index is 5.79. The van der Waals surface area contributed by atoms with Crippen LogP contribution in [0.25, 0.3) is 0 Å². The first-order chi connectivity index (χ1) is 9.33. The molecular weight excluding hydrogens is 302 g/mol. The molecule has 98 valence electrons. The molecule has 0 aromatic heterocycles. The highest BCUT2D eigenvalue weighted by molar-refractivity contribution is 9.10. The number of benzene rings is 2. The van der Waals surface area contributed by atoms with Crippen molar-refractivity contribution in [1.82, 2.24) is 0 Å². The summed E-state index contributed by atoms with van der Waals surface area (Å²) in [5.74, 6) is 0.918. The van der Waals surface area contributed by atoms with E-state index < -0.39 is 0 Å². The Kier molecular flexibility index (Phi) is 3.74. The van der Waals surface area contributed by atoms with Crippen LogP contribution in [0.2, 0.25) is 0 Å². The fourth-order valence-corrected chi connectivity index (χ4v) is 2.85. The van der Waals surface area contributed by atoms with Crippen molar-refractivity contribution < 1.29 is 4.74 Å². The number of ether oxygens (including phenoxy) is 1. The fraction of sp³-hybridized carbons (Fsp3) is 0.250. The van der Waals surface area contributed by atoms with Crippen molar-refractivity contribution in [3.8, 4) is 5.75 Å². The van der Waals surface area contributed by atoms with Gasteiger partial charge in [-0.15, -0.1) is 0 Å². The summed E-state index contributed by atoms with van der Waals surface area (Å²) < 4.78 is 6.84. The lowest BCUT2D eigenvalue weighted by Gasteiger charge is -2.19. The molecule has 0 amide bonds. The topological polar surface area (TPSA) is 12.5 Å². The Morgan fingerprint density at radius 2 is 2.00 bits per heavy atom. The minimum atomic E-state index is 0.713. The maximum atomic E-state index is 5.79. The monoisotopic (exact) mass is 317 g/mol. The Bertz CT molecular complexity index is 570. The first-order valence-electron chi connectivity index (χ1n) is 6.54. The van der Waals surface area contributed by atoms with Crippen LogP contribution in [-0.2, 0) is 6.42 Å². The van der Waals surface area contributed by atoms with Gasteiger partial charge >= 0.3 is 0 Å². The summed E-state index contributed by atoms with van der Waals surface area (Å²) >= 11 is 3.45. The molecule has 3 rings (SSSR count). The van der Waals surface area contributed by atoms with Crippen molar-refractivity contribution in [2.24, 2.45) is 0 Å². The molecule has 1 aliphatic rings. The summed E-state index contributed by atoms with van der Waals surface area (Å²) in [6, 6.07) is 16.6. The van der Waals surface area contributed by atoms with Gasteiger partial charge in [0.1, 0.15) is 12.4 Å². The molecule has 0 unspecified atom stereocenters. The third-order valence-corrected chi connectivity index (χ3v) is 3.90. The minimum absolute atomic E-state index is 0.713. The smallest absolute Gasteiger partial charge is 0.120 e. The van der Waals surface area contributed by atoms with E-state index in [1.807, 2.05) is 24.3 Å². The molecule has 0 saturated heterocycles. The van der Waals surface area contributed by atoms with Crippen molar-refractivity contribution in [2.75, 3.05) is 24.6 Å². The van der Waals surface area contributed by atoms with Gasteiger partial charge in [0.2, 0.25) is 0 Å². The van der Waals surface area contributed by atoms with Crippen LogP contribution in [0, 0.1) is 0 Å². The Morgan fingerprint density at radius 1 is 1.11 bits per heavy atom. The Morgan fingerprint density at radius 3 is 2.89 bits per heavy atom. The molecule has 1 heterocycles. The molecular formula is C16H16BrNO. The van der Waals surface area contributed by atoms with Crippen molar-refractivity contribution >= 4 is 21.6 Å². The quantitative estimate of drug-likeness (QED) is 0.848.